The molecule has 1 aromatic carbocycles. The quantitative estimate of drug-likeness (QED) is 0.631. The highest BCUT2D eigenvalue weighted by molar-refractivity contribution is 5.70. The third kappa shape index (κ3) is 2.34. The molecule has 1 aliphatic rings. The van der Waals surface area contributed by atoms with Gasteiger partial charge >= 0.3 is 0 Å². The first-order valence-electron chi connectivity index (χ1n) is 6.55. The van der Waals surface area contributed by atoms with E-state index in [1.165, 1.54) is 18.9 Å². The first-order chi connectivity index (χ1) is 9.75. The molecular weight excluding hydrogens is 260 g/mol. The van der Waals surface area contributed by atoms with Gasteiger partial charge in [-0.1, -0.05) is 0 Å². The Morgan fingerprint density at radius 2 is 2.05 bits per heavy atom. The van der Waals surface area contributed by atoms with Gasteiger partial charge in [0.2, 0.25) is 12.3 Å². The van der Waals surface area contributed by atoms with Gasteiger partial charge in [0.15, 0.2) is 0 Å². The summed E-state index contributed by atoms with van der Waals surface area (Å²) in [6.07, 6.45) is 4.54. The number of nitro benzene ring substituents is 1. The first-order valence-corrected chi connectivity index (χ1v) is 6.55. The Hall–Kier alpha value is -2.44. The van der Waals surface area contributed by atoms with Crippen molar-refractivity contribution in [1.82, 2.24) is 10.2 Å². The van der Waals surface area contributed by atoms with E-state index in [0.717, 1.165) is 25.9 Å². The largest absolute Gasteiger partial charge is 0.423 e. The zero-order valence-electron chi connectivity index (χ0n) is 10.9. The molecule has 2 aromatic rings. The fourth-order valence-corrected chi connectivity index (χ4v) is 2.50. The normalized spacial score (nSPS) is 15.3. The Morgan fingerprint density at radius 3 is 2.70 bits per heavy atom. The van der Waals surface area contributed by atoms with E-state index in [1.807, 2.05) is 0 Å². The molecule has 7 nitrogen and oxygen atoms in total. The minimum Gasteiger partial charge on any atom is -0.423 e. The summed E-state index contributed by atoms with van der Waals surface area (Å²) >= 11 is 0. The van der Waals surface area contributed by atoms with Crippen molar-refractivity contribution in [3.05, 3.63) is 34.7 Å². The van der Waals surface area contributed by atoms with Gasteiger partial charge < -0.3 is 9.32 Å². The summed E-state index contributed by atoms with van der Waals surface area (Å²) < 4.78 is 5.08. The van der Waals surface area contributed by atoms with Crippen LogP contribution in [0.15, 0.2) is 29.0 Å². The second-order valence-corrected chi connectivity index (χ2v) is 4.75. The third-order valence-corrected chi connectivity index (χ3v) is 3.48. The van der Waals surface area contributed by atoms with Crippen LogP contribution in [0.25, 0.3) is 11.5 Å². The van der Waals surface area contributed by atoms with Crippen LogP contribution >= 0.6 is 0 Å². The van der Waals surface area contributed by atoms with Gasteiger partial charge in [0.25, 0.3) is 5.69 Å². The second kappa shape index (κ2) is 5.28. The van der Waals surface area contributed by atoms with E-state index in [2.05, 4.69) is 15.1 Å². The Labute approximate surface area is 115 Å². The van der Waals surface area contributed by atoms with Crippen molar-refractivity contribution < 1.29 is 9.34 Å². The Balaban J connectivity index is 2.00. The van der Waals surface area contributed by atoms with E-state index in [-0.39, 0.29) is 10.6 Å². The maximum absolute atomic E-state index is 11.3. The van der Waals surface area contributed by atoms with Crippen LogP contribution in [0.1, 0.15) is 19.3 Å². The number of nitro groups is 1. The Morgan fingerprint density at radius 1 is 1.25 bits per heavy atom. The van der Waals surface area contributed by atoms with Gasteiger partial charge in [0, 0.05) is 24.7 Å². The fourth-order valence-electron chi connectivity index (χ4n) is 2.50. The third-order valence-electron chi connectivity index (χ3n) is 3.48. The maximum atomic E-state index is 11.3. The lowest BCUT2D eigenvalue weighted by Crippen LogP contribution is -2.29. The summed E-state index contributed by atoms with van der Waals surface area (Å²) in [5.74, 6) is 0.290. The molecule has 0 N–H and O–H groups in total. The van der Waals surface area contributed by atoms with Crippen LogP contribution in [0.2, 0.25) is 0 Å². The molecule has 0 radical (unpaired) electrons. The highest BCUT2D eigenvalue weighted by Gasteiger charge is 2.22. The molecule has 0 spiro atoms. The molecule has 104 valence electrons. The zero-order chi connectivity index (χ0) is 13.9. The van der Waals surface area contributed by atoms with Crippen molar-refractivity contribution in [3.8, 4) is 11.5 Å². The number of piperidine rings is 1. The van der Waals surface area contributed by atoms with Gasteiger partial charge in [-0.2, -0.15) is 0 Å². The van der Waals surface area contributed by atoms with Crippen molar-refractivity contribution >= 4 is 11.4 Å². The molecule has 0 atom stereocenters. The van der Waals surface area contributed by atoms with Gasteiger partial charge in [-0.25, -0.2) is 0 Å². The average Bonchev–Trinajstić information content (AvgIpc) is 3.02. The molecule has 0 amide bonds. The number of benzene rings is 1. The standard InChI is InChI=1S/C13H14N4O3/c18-17(19)12-8-10(13-15-14-9-20-13)4-5-11(12)16-6-2-1-3-7-16/h4-5,8-9H,1-3,6-7H2. The van der Waals surface area contributed by atoms with Crippen molar-refractivity contribution in [2.75, 3.05) is 18.0 Å². The van der Waals surface area contributed by atoms with Crippen LogP contribution in [0.4, 0.5) is 11.4 Å². The van der Waals surface area contributed by atoms with E-state index in [0.29, 0.717) is 17.1 Å². The molecule has 0 saturated carbocycles. The van der Waals surface area contributed by atoms with Crippen LogP contribution in [0.5, 0.6) is 0 Å². The highest BCUT2D eigenvalue weighted by Crippen LogP contribution is 2.33. The smallest absolute Gasteiger partial charge is 0.293 e. The predicted molar refractivity (Wildman–Crippen MR) is 72.5 cm³/mol. The summed E-state index contributed by atoms with van der Waals surface area (Å²) in [4.78, 5) is 13.0. The van der Waals surface area contributed by atoms with Crippen LogP contribution in [0, 0.1) is 10.1 Å². The molecule has 20 heavy (non-hydrogen) atoms. The number of aromatic nitrogens is 2. The van der Waals surface area contributed by atoms with Gasteiger partial charge in [0.05, 0.1) is 4.92 Å². The van der Waals surface area contributed by atoms with Crippen LogP contribution in [-0.4, -0.2) is 28.2 Å². The van der Waals surface area contributed by atoms with Crippen molar-refractivity contribution in [1.29, 1.82) is 0 Å². The lowest BCUT2D eigenvalue weighted by molar-refractivity contribution is -0.384. The molecule has 2 heterocycles. The first kappa shape index (κ1) is 12.6. The minimum atomic E-state index is -0.357. The minimum absolute atomic E-state index is 0.0857. The van der Waals surface area contributed by atoms with Crippen molar-refractivity contribution in [3.63, 3.8) is 0 Å². The average molecular weight is 274 g/mol. The molecular formula is C13H14N4O3. The van der Waals surface area contributed by atoms with E-state index >= 15 is 0 Å². The monoisotopic (exact) mass is 274 g/mol. The van der Waals surface area contributed by atoms with E-state index < -0.39 is 0 Å². The Bertz CT molecular complexity index is 606. The molecule has 0 bridgehead atoms. The summed E-state index contributed by atoms with van der Waals surface area (Å²) in [7, 11) is 0. The topological polar surface area (TPSA) is 85.3 Å². The number of rotatable bonds is 3. The van der Waals surface area contributed by atoms with Crippen LogP contribution in [-0.2, 0) is 0 Å². The molecule has 7 heteroatoms. The lowest BCUT2D eigenvalue weighted by Gasteiger charge is -2.28. The zero-order valence-corrected chi connectivity index (χ0v) is 10.9. The number of hydrogen-bond donors (Lipinski definition) is 0. The molecule has 1 aromatic heterocycles. The molecule has 0 aliphatic carbocycles. The summed E-state index contributed by atoms with van der Waals surface area (Å²) in [5.41, 5.74) is 1.32. The highest BCUT2D eigenvalue weighted by atomic mass is 16.6. The van der Waals surface area contributed by atoms with E-state index in [9.17, 15) is 10.1 Å². The molecule has 3 rings (SSSR count). The van der Waals surface area contributed by atoms with Crippen molar-refractivity contribution in [2.24, 2.45) is 0 Å². The van der Waals surface area contributed by atoms with Gasteiger partial charge in [-0.05, 0) is 31.4 Å². The number of hydrogen-bond acceptors (Lipinski definition) is 6. The molecule has 0 unspecified atom stereocenters. The number of nitrogens with zero attached hydrogens (tertiary/aromatic N) is 4. The summed E-state index contributed by atoms with van der Waals surface area (Å²) in [6.45, 7) is 1.72. The lowest BCUT2D eigenvalue weighted by atomic mass is 10.1. The fraction of sp³-hybridized carbons (Fsp3) is 0.385. The summed E-state index contributed by atoms with van der Waals surface area (Å²) in [6, 6.07) is 5.05. The second-order valence-electron chi connectivity index (χ2n) is 4.75. The van der Waals surface area contributed by atoms with Gasteiger partial charge in [-0.15, -0.1) is 10.2 Å². The van der Waals surface area contributed by atoms with Crippen LogP contribution in [0.3, 0.4) is 0 Å². The SMILES string of the molecule is O=[N+]([O-])c1cc(-c2nnco2)ccc1N1CCCCC1. The van der Waals surface area contributed by atoms with E-state index in [4.69, 9.17) is 4.42 Å². The van der Waals surface area contributed by atoms with Crippen LogP contribution < -0.4 is 4.90 Å². The predicted octanol–water partition coefficient (Wildman–Crippen LogP) is 2.64. The van der Waals surface area contributed by atoms with Gasteiger partial charge in [0.1, 0.15) is 5.69 Å². The number of anilines is 1. The molecule has 1 fully saturated rings. The van der Waals surface area contributed by atoms with Gasteiger partial charge in [-0.3, -0.25) is 10.1 Å². The maximum Gasteiger partial charge on any atom is 0.293 e. The molecule has 1 saturated heterocycles. The van der Waals surface area contributed by atoms with E-state index in [1.54, 1.807) is 12.1 Å². The Kier molecular flexibility index (Phi) is 3.32. The van der Waals surface area contributed by atoms with Crippen molar-refractivity contribution in [2.45, 2.75) is 19.3 Å². The molecule has 1 aliphatic heterocycles. The summed E-state index contributed by atoms with van der Waals surface area (Å²) in [5, 5.41) is 18.7.